The molecule has 0 saturated heterocycles. The third-order valence-electron chi connectivity index (χ3n) is 4.65. The molecule has 31 heavy (non-hydrogen) atoms. The Morgan fingerprint density at radius 3 is 2.45 bits per heavy atom. The van der Waals surface area contributed by atoms with Crippen LogP contribution in [0.2, 0.25) is 0 Å². The minimum Gasteiger partial charge on any atom is -0.346 e. The van der Waals surface area contributed by atoms with Gasteiger partial charge in [-0.1, -0.05) is 67.6 Å². The van der Waals surface area contributed by atoms with Gasteiger partial charge in [0.15, 0.2) is 0 Å². The highest BCUT2D eigenvalue weighted by Gasteiger charge is 2.17. The fraction of sp³-hybridized carbons (Fsp3) is 0.217. The van der Waals surface area contributed by atoms with Crippen molar-refractivity contribution in [2.24, 2.45) is 0 Å². The van der Waals surface area contributed by atoms with Gasteiger partial charge >= 0.3 is 0 Å². The molecular formula is C23H26N4O3S. The summed E-state index contributed by atoms with van der Waals surface area (Å²) in [5.74, 6) is 0.417. The number of imidazole rings is 1. The smallest absolute Gasteiger partial charge is 0.233 e. The van der Waals surface area contributed by atoms with E-state index in [2.05, 4.69) is 20.0 Å². The highest BCUT2D eigenvalue weighted by molar-refractivity contribution is 7.92. The maximum atomic E-state index is 12.3. The maximum absolute atomic E-state index is 12.3. The van der Waals surface area contributed by atoms with Crippen LogP contribution in [0.15, 0.2) is 72.3 Å². The molecule has 3 aromatic rings. The third-order valence-corrected chi connectivity index (χ3v) is 5.75. The molecule has 8 heteroatoms. The van der Waals surface area contributed by atoms with Gasteiger partial charge in [-0.3, -0.25) is 4.79 Å². The number of rotatable bonds is 10. The van der Waals surface area contributed by atoms with Crippen molar-refractivity contribution in [1.82, 2.24) is 20.0 Å². The third kappa shape index (κ3) is 6.91. The first-order valence-electron chi connectivity index (χ1n) is 10.1. The van der Waals surface area contributed by atoms with E-state index in [1.54, 1.807) is 6.20 Å². The molecule has 0 aliphatic heterocycles. The molecular weight excluding hydrogens is 412 g/mol. The van der Waals surface area contributed by atoms with Gasteiger partial charge < -0.3 is 10.3 Å². The van der Waals surface area contributed by atoms with Crippen LogP contribution in [0.3, 0.4) is 0 Å². The number of nitrogens with one attached hydrogen (secondary N) is 3. The van der Waals surface area contributed by atoms with Gasteiger partial charge in [-0.2, -0.15) is 0 Å². The van der Waals surface area contributed by atoms with Crippen molar-refractivity contribution in [2.45, 2.75) is 25.8 Å². The van der Waals surface area contributed by atoms with Crippen molar-refractivity contribution in [3.8, 4) is 11.3 Å². The number of H-pyrrole nitrogens is 1. The van der Waals surface area contributed by atoms with Gasteiger partial charge in [-0.15, -0.1) is 0 Å². The quantitative estimate of drug-likeness (QED) is 0.450. The van der Waals surface area contributed by atoms with Crippen LogP contribution >= 0.6 is 0 Å². The van der Waals surface area contributed by atoms with Crippen molar-refractivity contribution in [2.75, 3.05) is 6.54 Å². The molecule has 0 aliphatic rings. The van der Waals surface area contributed by atoms with Gasteiger partial charge in [0, 0.05) is 18.4 Å². The second-order valence-corrected chi connectivity index (χ2v) is 8.63. The molecule has 0 fully saturated rings. The van der Waals surface area contributed by atoms with Gasteiger partial charge in [-0.05, 0) is 23.6 Å². The maximum Gasteiger partial charge on any atom is 0.233 e. The van der Waals surface area contributed by atoms with Crippen molar-refractivity contribution in [1.29, 1.82) is 0 Å². The van der Waals surface area contributed by atoms with Gasteiger partial charge in [-0.25, -0.2) is 18.1 Å². The Bertz CT molecular complexity index is 1110. The van der Waals surface area contributed by atoms with E-state index in [9.17, 15) is 13.2 Å². The highest BCUT2D eigenvalue weighted by Crippen LogP contribution is 2.20. The van der Waals surface area contributed by atoms with E-state index in [1.807, 2.05) is 67.6 Å². The van der Waals surface area contributed by atoms with Gasteiger partial charge in [0.05, 0.1) is 17.9 Å². The molecule has 1 amide bonds. The van der Waals surface area contributed by atoms with Crippen LogP contribution in [0.1, 0.15) is 37.2 Å². The molecule has 1 atom stereocenters. The number of hydrogen-bond donors (Lipinski definition) is 3. The highest BCUT2D eigenvalue weighted by atomic mass is 32.2. The molecule has 3 N–H and O–H groups in total. The minimum absolute atomic E-state index is 0.0111. The van der Waals surface area contributed by atoms with Gasteiger partial charge in [0.2, 0.25) is 15.9 Å². The van der Waals surface area contributed by atoms with Crippen LogP contribution in [0.5, 0.6) is 0 Å². The molecule has 162 valence electrons. The predicted octanol–water partition coefficient (Wildman–Crippen LogP) is 3.62. The molecule has 0 bridgehead atoms. The Labute approximate surface area is 182 Å². The lowest BCUT2D eigenvalue weighted by Crippen LogP contribution is -2.32. The number of amides is 1. The first-order valence-corrected chi connectivity index (χ1v) is 11.6. The van der Waals surface area contributed by atoms with Crippen LogP contribution in [-0.4, -0.2) is 30.8 Å². The van der Waals surface area contributed by atoms with Crippen molar-refractivity contribution >= 4 is 22.0 Å². The minimum atomic E-state index is -3.62. The van der Waals surface area contributed by atoms with E-state index in [-0.39, 0.29) is 24.9 Å². The lowest BCUT2D eigenvalue weighted by Gasteiger charge is -2.15. The monoisotopic (exact) mass is 438 g/mol. The zero-order chi connectivity index (χ0) is 22.1. The Balaban J connectivity index is 1.50. The lowest BCUT2D eigenvalue weighted by atomic mass is 10.2. The topological polar surface area (TPSA) is 104 Å². The predicted molar refractivity (Wildman–Crippen MR) is 122 cm³/mol. The van der Waals surface area contributed by atoms with E-state index in [4.69, 9.17) is 0 Å². The summed E-state index contributed by atoms with van der Waals surface area (Å²) in [6.07, 6.45) is 3.93. The molecule has 7 nitrogen and oxygen atoms in total. The number of sulfonamides is 1. The number of aromatic nitrogens is 2. The number of carbonyl (C=O) groups is 1. The molecule has 0 aliphatic carbocycles. The molecule has 2 aromatic carbocycles. The van der Waals surface area contributed by atoms with Crippen LogP contribution in [-0.2, 0) is 14.8 Å². The van der Waals surface area contributed by atoms with E-state index in [0.29, 0.717) is 12.2 Å². The normalized spacial score (nSPS) is 12.7. The number of carbonyl (C=O) groups excluding carboxylic acids is 1. The molecule has 0 radical (unpaired) electrons. The average Bonchev–Trinajstić information content (AvgIpc) is 3.27. The summed E-state index contributed by atoms with van der Waals surface area (Å²) < 4.78 is 26.6. The number of nitrogens with zero attached hydrogens (tertiary/aromatic N) is 1. The first-order chi connectivity index (χ1) is 15.0. The number of hydrogen-bond acceptors (Lipinski definition) is 4. The fourth-order valence-electron chi connectivity index (χ4n) is 3.00. The fourth-order valence-corrected chi connectivity index (χ4v) is 3.81. The molecule has 0 spiro atoms. The Hall–Kier alpha value is -3.23. The zero-order valence-electron chi connectivity index (χ0n) is 17.3. The second-order valence-electron chi connectivity index (χ2n) is 6.98. The Kier molecular flexibility index (Phi) is 7.75. The molecule has 1 aromatic heterocycles. The summed E-state index contributed by atoms with van der Waals surface area (Å²) in [6, 6.07) is 18.7. The van der Waals surface area contributed by atoms with E-state index < -0.39 is 10.0 Å². The van der Waals surface area contributed by atoms with E-state index in [1.165, 1.54) is 6.08 Å². The number of aromatic amines is 1. The summed E-state index contributed by atoms with van der Waals surface area (Å²) in [5.41, 5.74) is 2.67. The van der Waals surface area contributed by atoms with Crippen molar-refractivity contribution in [3.05, 3.63) is 83.7 Å². The van der Waals surface area contributed by atoms with E-state index in [0.717, 1.165) is 22.2 Å². The lowest BCUT2D eigenvalue weighted by molar-refractivity contribution is -0.121. The van der Waals surface area contributed by atoms with Crippen LogP contribution < -0.4 is 10.0 Å². The summed E-state index contributed by atoms with van der Waals surface area (Å²) in [6.45, 7) is 1.96. The summed E-state index contributed by atoms with van der Waals surface area (Å²) >= 11 is 0. The van der Waals surface area contributed by atoms with Crippen molar-refractivity contribution < 1.29 is 13.2 Å². The largest absolute Gasteiger partial charge is 0.346 e. The van der Waals surface area contributed by atoms with Crippen LogP contribution in [0.4, 0.5) is 0 Å². The second kappa shape index (κ2) is 10.7. The SMILES string of the molecule is CCC(NC(=O)CCNS(=O)(=O)/C=C/c1ccccc1)c1ncc(-c2ccccc2)[nH]1. The van der Waals surface area contributed by atoms with E-state index >= 15 is 0 Å². The standard InChI is InChI=1S/C23H26N4O3S/c1-2-20(23-24-17-21(27-23)19-11-7-4-8-12-19)26-22(28)13-15-25-31(29,30)16-14-18-9-5-3-6-10-18/h3-12,14,16-17,20,25H,2,13,15H2,1H3,(H,24,27)(H,26,28)/b16-14+. The van der Waals surface area contributed by atoms with Gasteiger partial charge in [0.1, 0.15) is 5.82 Å². The first kappa shape index (κ1) is 22.5. The molecule has 0 saturated carbocycles. The van der Waals surface area contributed by atoms with Crippen LogP contribution in [0.25, 0.3) is 17.3 Å². The summed E-state index contributed by atoms with van der Waals surface area (Å²) in [7, 11) is -3.62. The molecule has 1 heterocycles. The number of benzene rings is 2. The Morgan fingerprint density at radius 1 is 1.10 bits per heavy atom. The summed E-state index contributed by atoms with van der Waals surface area (Å²) in [4.78, 5) is 20.0. The average molecular weight is 439 g/mol. The zero-order valence-corrected chi connectivity index (χ0v) is 18.1. The Morgan fingerprint density at radius 2 is 1.77 bits per heavy atom. The summed E-state index contributed by atoms with van der Waals surface area (Å²) in [5, 5.41) is 4.01. The van der Waals surface area contributed by atoms with Gasteiger partial charge in [0.25, 0.3) is 0 Å². The van der Waals surface area contributed by atoms with Crippen molar-refractivity contribution in [3.63, 3.8) is 0 Å². The molecule has 1 unspecified atom stereocenters. The van der Waals surface area contributed by atoms with Crippen LogP contribution in [0, 0.1) is 0 Å². The molecule has 3 rings (SSSR count).